The average Bonchev–Trinajstić information content (AvgIpc) is 2.40. The first-order valence-corrected chi connectivity index (χ1v) is 7.19. The van der Waals surface area contributed by atoms with Gasteiger partial charge in [-0.2, -0.15) is 0 Å². The highest BCUT2D eigenvalue weighted by Gasteiger charge is 2.24. The van der Waals surface area contributed by atoms with E-state index in [1.807, 2.05) is 20.8 Å². The summed E-state index contributed by atoms with van der Waals surface area (Å²) < 4.78 is 13.7. The molecule has 0 aliphatic carbocycles. The second-order valence-electron chi connectivity index (χ2n) is 5.78. The van der Waals surface area contributed by atoms with Gasteiger partial charge in [0.2, 0.25) is 0 Å². The predicted octanol–water partition coefficient (Wildman–Crippen LogP) is 4.65. The molecular formula is C16H15BrFNO2. The van der Waals surface area contributed by atoms with Crippen LogP contribution in [-0.4, -0.2) is 16.1 Å². The molecule has 1 heterocycles. The molecule has 0 fully saturated rings. The highest BCUT2D eigenvalue weighted by atomic mass is 79.9. The minimum absolute atomic E-state index is 0.187. The molecule has 0 aliphatic heterocycles. The van der Waals surface area contributed by atoms with Crippen LogP contribution in [0.25, 0.3) is 11.3 Å². The van der Waals surface area contributed by atoms with Gasteiger partial charge in [0, 0.05) is 11.0 Å². The van der Waals surface area contributed by atoms with Gasteiger partial charge in [-0.3, -0.25) is 4.98 Å². The smallest absolute Gasteiger partial charge is 0.337 e. The number of carboxylic acid groups (broad SMARTS) is 1. The highest BCUT2D eigenvalue weighted by Crippen LogP contribution is 2.29. The van der Waals surface area contributed by atoms with Crippen LogP contribution < -0.4 is 0 Å². The molecule has 0 aliphatic rings. The third-order valence-electron chi connectivity index (χ3n) is 3.05. The summed E-state index contributed by atoms with van der Waals surface area (Å²) in [6.45, 7) is 5.73. The number of hydrogen-bond acceptors (Lipinski definition) is 2. The van der Waals surface area contributed by atoms with E-state index in [1.165, 1.54) is 6.07 Å². The van der Waals surface area contributed by atoms with Crippen LogP contribution in [0.1, 0.15) is 36.8 Å². The van der Waals surface area contributed by atoms with Gasteiger partial charge >= 0.3 is 5.97 Å². The summed E-state index contributed by atoms with van der Waals surface area (Å²) in [5.41, 5.74) is 1.64. The Kier molecular flexibility index (Phi) is 4.14. The SMILES string of the molecule is CC(C)(C)c1nc(-c2ccc(F)c(Br)c2)ccc1C(=O)O. The molecule has 3 nitrogen and oxygen atoms in total. The van der Waals surface area contributed by atoms with Gasteiger partial charge in [-0.1, -0.05) is 20.8 Å². The van der Waals surface area contributed by atoms with Crippen molar-refractivity contribution in [2.45, 2.75) is 26.2 Å². The van der Waals surface area contributed by atoms with E-state index < -0.39 is 11.4 Å². The zero-order valence-electron chi connectivity index (χ0n) is 11.9. The number of aromatic carboxylic acids is 1. The van der Waals surface area contributed by atoms with Crippen LogP contribution in [0.15, 0.2) is 34.8 Å². The van der Waals surface area contributed by atoms with Gasteiger partial charge in [0.15, 0.2) is 0 Å². The molecule has 0 spiro atoms. The van der Waals surface area contributed by atoms with Gasteiger partial charge < -0.3 is 5.11 Å². The van der Waals surface area contributed by atoms with Gasteiger partial charge in [-0.25, -0.2) is 9.18 Å². The molecule has 0 saturated carbocycles. The van der Waals surface area contributed by atoms with Crippen LogP contribution >= 0.6 is 15.9 Å². The maximum Gasteiger partial charge on any atom is 0.337 e. The van der Waals surface area contributed by atoms with E-state index >= 15 is 0 Å². The van der Waals surface area contributed by atoms with Gasteiger partial charge in [0.1, 0.15) is 5.82 Å². The maximum atomic E-state index is 13.3. The van der Waals surface area contributed by atoms with E-state index in [-0.39, 0.29) is 11.4 Å². The van der Waals surface area contributed by atoms with Crippen molar-refractivity contribution in [3.05, 3.63) is 51.9 Å². The van der Waals surface area contributed by atoms with Crippen molar-refractivity contribution < 1.29 is 14.3 Å². The predicted molar refractivity (Wildman–Crippen MR) is 83.0 cm³/mol. The van der Waals surface area contributed by atoms with Crippen LogP contribution in [0.5, 0.6) is 0 Å². The van der Waals surface area contributed by atoms with E-state index in [4.69, 9.17) is 0 Å². The van der Waals surface area contributed by atoms with E-state index in [2.05, 4.69) is 20.9 Å². The molecule has 0 radical (unpaired) electrons. The summed E-state index contributed by atoms with van der Waals surface area (Å²) in [7, 11) is 0. The Hall–Kier alpha value is -1.75. The fourth-order valence-corrected chi connectivity index (χ4v) is 2.40. The van der Waals surface area contributed by atoms with Crippen LogP contribution in [0.2, 0.25) is 0 Å². The lowest BCUT2D eigenvalue weighted by molar-refractivity contribution is 0.0693. The standard InChI is InChI=1S/C16H15BrFNO2/c1-16(2,3)14-10(15(20)21)5-7-13(19-14)9-4-6-12(18)11(17)8-9/h4-8H,1-3H3,(H,20,21). The molecule has 2 aromatic rings. The second-order valence-corrected chi connectivity index (χ2v) is 6.63. The van der Waals surface area contributed by atoms with Crippen molar-refractivity contribution in [2.75, 3.05) is 0 Å². The maximum absolute atomic E-state index is 13.3. The summed E-state index contributed by atoms with van der Waals surface area (Å²) in [5, 5.41) is 9.27. The Balaban J connectivity index is 2.61. The molecule has 0 unspecified atom stereocenters. The van der Waals surface area contributed by atoms with Crippen LogP contribution in [0.4, 0.5) is 4.39 Å². The molecule has 5 heteroatoms. The molecule has 1 aromatic heterocycles. The summed E-state index contributed by atoms with van der Waals surface area (Å²) in [6, 6.07) is 7.78. The van der Waals surface area contributed by atoms with Crippen molar-refractivity contribution in [1.82, 2.24) is 4.98 Å². The van der Waals surface area contributed by atoms with Gasteiger partial charge in [0.05, 0.1) is 21.4 Å². The van der Waals surface area contributed by atoms with Crippen LogP contribution in [0, 0.1) is 5.82 Å². The van der Waals surface area contributed by atoms with E-state index in [9.17, 15) is 14.3 Å². The number of halogens is 2. The molecular weight excluding hydrogens is 337 g/mol. The van der Waals surface area contributed by atoms with Crippen molar-refractivity contribution in [3.63, 3.8) is 0 Å². The topological polar surface area (TPSA) is 50.2 Å². The number of carbonyl (C=O) groups is 1. The normalized spacial score (nSPS) is 11.5. The second kappa shape index (κ2) is 5.56. The summed E-state index contributed by atoms with van der Waals surface area (Å²) >= 11 is 3.14. The molecule has 1 N–H and O–H groups in total. The van der Waals surface area contributed by atoms with Crippen LogP contribution in [0.3, 0.4) is 0 Å². The summed E-state index contributed by atoms with van der Waals surface area (Å²) in [6.07, 6.45) is 0. The first kappa shape index (κ1) is 15.6. The van der Waals surface area contributed by atoms with Crippen molar-refractivity contribution in [3.8, 4) is 11.3 Å². The fraction of sp³-hybridized carbons (Fsp3) is 0.250. The number of hydrogen-bond donors (Lipinski definition) is 1. The molecule has 0 amide bonds. The van der Waals surface area contributed by atoms with Gasteiger partial charge in [0.25, 0.3) is 0 Å². The lowest BCUT2D eigenvalue weighted by atomic mass is 9.88. The van der Waals surface area contributed by atoms with Crippen molar-refractivity contribution in [1.29, 1.82) is 0 Å². The number of carboxylic acids is 1. The van der Waals surface area contributed by atoms with Gasteiger partial charge in [-0.05, 0) is 46.3 Å². The first-order valence-electron chi connectivity index (χ1n) is 6.40. The minimum atomic E-state index is -1.00. The lowest BCUT2D eigenvalue weighted by Crippen LogP contribution is -2.19. The Morgan fingerprint density at radius 2 is 1.90 bits per heavy atom. The highest BCUT2D eigenvalue weighted by molar-refractivity contribution is 9.10. The molecule has 1 aromatic carbocycles. The molecule has 21 heavy (non-hydrogen) atoms. The zero-order valence-corrected chi connectivity index (χ0v) is 13.5. The zero-order chi connectivity index (χ0) is 15.8. The largest absolute Gasteiger partial charge is 0.478 e. The molecule has 2 rings (SSSR count). The lowest BCUT2D eigenvalue weighted by Gasteiger charge is -2.21. The fourth-order valence-electron chi connectivity index (χ4n) is 2.02. The van der Waals surface area contributed by atoms with Gasteiger partial charge in [-0.15, -0.1) is 0 Å². The molecule has 0 atom stereocenters. The number of rotatable bonds is 2. The Morgan fingerprint density at radius 3 is 2.43 bits per heavy atom. The first-order chi connectivity index (χ1) is 9.70. The third kappa shape index (κ3) is 3.29. The molecule has 110 valence electrons. The van der Waals surface area contributed by atoms with Crippen molar-refractivity contribution in [2.24, 2.45) is 0 Å². The Morgan fingerprint density at radius 1 is 1.24 bits per heavy atom. The van der Waals surface area contributed by atoms with E-state index in [0.717, 1.165) is 5.56 Å². The number of benzene rings is 1. The Labute approximate surface area is 131 Å². The minimum Gasteiger partial charge on any atom is -0.478 e. The molecule has 0 bridgehead atoms. The summed E-state index contributed by atoms with van der Waals surface area (Å²) in [4.78, 5) is 15.8. The molecule has 0 saturated heterocycles. The number of nitrogens with zero attached hydrogens (tertiary/aromatic N) is 1. The summed E-state index contributed by atoms with van der Waals surface area (Å²) in [5.74, 6) is -1.35. The van der Waals surface area contributed by atoms with Crippen LogP contribution in [-0.2, 0) is 5.41 Å². The third-order valence-corrected chi connectivity index (χ3v) is 3.66. The number of pyridine rings is 1. The number of aromatic nitrogens is 1. The van der Waals surface area contributed by atoms with Crippen molar-refractivity contribution >= 4 is 21.9 Å². The Bertz CT molecular complexity index is 708. The average molecular weight is 352 g/mol. The monoisotopic (exact) mass is 351 g/mol. The van der Waals surface area contributed by atoms with E-state index in [0.29, 0.717) is 15.9 Å². The van der Waals surface area contributed by atoms with E-state index in [1.54, 1.807) is 24.3 Å². The quantitative estimate of drug-likeness (QED) is 0.856.